The third kappa shape index (κ3) is 4.44. The lowest BCUT2D eigenvalue weighted by atomic mass is 9.85. The van der Waals surface area contributed by atoms with Crippen LogP contribution in [0.4, 0.5) is 0 Å². The molecule has 0 N–H and O–H groups in total. The SMILES string of the molecule is CCOC(=O)CC(c1ccccc1)c1ccccc1C(=O)OCC. The lowest BCUT2D eigenvalue weighted by molar-refractivity contribution is -0.143. The van der Waals surface area contributed by atoms with Crippen LogP contribution in [0.2, 0.25) is 0 Å². The van der Waals surface area contributed by atoms with Crippen LogP contribution in [-0.2, 0) is 14.3 Å². The van der Waals surface area contributed by atoms with Crippen molar-refractivity contribution in [2.24, 2.45) is 0 Å². The Morgan fingerprint density at radius 2 is 1.50 bits per heavy atom. The second kappa shape index (κ2) is 8.87. The minimum atomic E-state index is -0.377. The Balaban J connectivity index is 2.44. The molecule has 4 heteroatoms. The molecule has 0 amide bonds. The zero-order valence-electron chi connectivity index (χ0n) is 14.0. The van der Waals surface area contributed by atoms with Crippen molar-refractivity contribution in [3.63, 3.8) is 0 Å². The van der Waals surface area contributed by atoms with Crippen molar-refractivity contribution in [2.45, 2.75) is 26.2 Å². The van der Waals surface area contributed by atoms with Crippen LogP contribution in [0.15, 0.2) is 54.6 Å². The first kappa shape index (κ1) is 17.7. The van der Waals surface area contributed by atoms with Crippen LogP contribution in [0.3, 0.4) is 0 Å². The van der Waals surface area contributed by atoms with Gasteiger partial charge in [-0.1, -0.05) is 48.5 Å². The van der Waals surface area contributed by atoms with Crippen molar-refractivity contribution in [2.75, 3.05) is 13.2 Å². The van der Waals surface area contributed by atoms with Crippen LogP contribution in [0.1, 0.15) is 47.7 Å². The first-order valence-electron chi connectivity index (χ1n) is 8.14. The zero-order valence-corrected chi connectivity index (χ0v) is 14.0. The summed E-state index contributed by atoms with van der Waals surface area (Å²) < 4.78 is 10.3. The number of ether oxygens (including phenoxy) is 2. The summed E-state index contributed by atoms with van der Waals surface area (Å²) in [6, 6.07) is 16.9. The number of carbonyl (C=O) groups is 2. The highest BCUT2D eigenvalue weighted by molar-refractivity contribution is 5.91. The molecule has 0 saturated carbocycles. The van der Waals surface area contributed by atoms with Gasteiger partial charge in [-0.2, -0.15) is 0 Å². The van der Waals surface area contributed by atoms with Gasteiger partial charge in [-0.05, 0) is 31.0 Å². The first-order valence-corrected chi connectivity index (χ1v) is 8.14. The molecule has 24 heavy (non-hydrogen) atoms. The molecule has 0 radical (unpaired) electrons. The third-order valence-electron chi connectivity index (χ3n) is 3.71. The maximum Gasteiger partial charge on any atom is 0.338 e. The largest absolute Gasteiger partial charge is 0.466 e. The minimum Gasteiger partial charge on any atom is -0.466 e. The van der Waals surface area contributed by atoms with E-state index in [0.29, 0.717) is 18.8 Å². The summed E-state index contributed by atoms with van der Waals surface area (Å²) in [5.74, 6) is -0.922. The number of benzene rings is 2. The van der Waals surface area contributed by atoms with E-state index in [1.165, 1.54) is 0 Å². The number of hydrogen-bond donors (Lipinski definition) is 0. The van der Waals surface area contributed by atoms with Crippen molar-refractivity contribution in [1.29, 1.82) is 0 Å². The van der Waals surface area contributed by atoms with E-state index in [1.807, 2.05) is 42.5 Å². The van der Waals surface area contributed by atoms with Crippen LogP contribution in [-0.4, -0.2) is 25.2 Å². The quantitative estimate of drug-likeness (QED) is 0.723. The molecule has 2 rings (SSSR count). The molecule has 0 heterocycles. The van der Waals surface area contributed by atoms with E-state index in [9.17, 15) is 9.59 Å². The summed E-state index contributed by atoms with van der Waals surface area (Å²) in [7, 11) is 0. The predicted octanol–water partition coefficient (Wildman–Crippen LogP) is 3.95. The fourth-order valence-corrected chi connectivity index (χ4v) is 2.67. The number of carbonyl (C=O) groups excluding carboxylic acids is 2. The topological polar surface area (TPSA) is 52.6 Å². The average molecular weight is 326 g/mol. The highest BCUT2D eigenvalue weighted by Gasteiger charge is 2.24. The van der Waals surface area contributed by atoms with Gasteiger partial charge in [0.15, 0.2) is 0 Å². The molecule has 0 spiro atoms. The van der Waals surface area contributed by atoms with Gasteiger partial charge in [0, 0.05) is 5.92 Å². The maximum atomic E-state index is 12.3. The average Bonchev–Trinajstić information content (AvgIpc) is 2.61. The Morgan fingerprint density at radius 1 is 0.875 bits per heavy atom. The molecule has 0 aromatic heterocycles. The molecule has 1 atom stereocenters. The fraction of sp³-hybridized carbons (Fsp3) is 0.300. The summed E-state index contributed by atoms with van der Waals surface area (Å²) in [5.41, 5.74) is 2.22. The molecule has 4 nitrogen and oxygen atoms in total. The second-order valence-electron chi connectivity index (χ2n) is 5.28. The number of esters is 2. The van der Waals surface area contributed by atoms with Crippen molar-refractivity contribution in [3.05, 3.63) is 71.3 Å². The Labute approximate surface area is 142 Å². The molecule has 0 saturated heterocycles. The third-order valence-corrected chi connectivity index (χ3v) is 3.71. The van der Waals surface area contributed by atoms with E-state index < -0.39 is 0 Å². The van der Waals surface area contributed by atoms with E-state index in [-0.39, 0.29) is 24.3 Å². The number of rotatable bonds is 7. The van der Waals surface area contributed by atoms with Gasteiger partial charge in [-0.3, -0.25) is 4.79 Å². The Morgan fingerprint density at radius 3 is 2.17 bits per heavy atom. The van der Waals surface area contributed by atoms with Crippen LogP contribution in [0.25, 0.3) is 0 Å². The van der Waals surface area contributed by atoms with E-state index >= 15 is 0 Å². The second-order valence-corrected chi connectivity index (χ2v) is 5.28. The monoisotopic (exact) mass is 326 g/mol. The predicted molar refractivity (Wildman–Crippen MR) is 91.9 cm³/mol. The highest BCUT2D eigenvalue weighted by Crippen LogP contribution is 2.31. The summed E-state index contributed by atoms with van der Waals surface area (Å²) in [6.45, 7) is 4.19. The minimum absolute atomic E-state index is 0.175. The molecule has 0 aliphatic heterocycles. The Bertz CT molecular complexity index is 679. The summed E-state index contributed by atoms with van der Waals surface area (Å²) >= 11 is 0. The number of hydrogen-bond acceptors (Lipinski definition) is 4. The van der Waals surface area contributed by atoms with Gasteiger partial charge in [0.1, 0.15) is 0 Å². The molecule has 126 valence electrons. The van der Waals surface area contributed by atoms with Crippen molar-refractivity contribution in [3.8, 4) is 0 Å². The van der Waals surface area contributed by atoms with Gasteiger partial charge >= 0.3 is 11.9 Å². The molecular formula is C20H22O4. The molecule has 0 aliphatic carbocycles. The van der Waals surface area contributed by atoms with Crippen molar-refractivity contribution >= 4 is 11.9 Å². The van der Waals surface area contributed by atoms with Crippen LogP contribution >= 0.6 is 0 Å². The van der Waals surface area contributed by atoms with Gasteiger partial charge in [0.2, 0.25) is 0 Å². The smallest absolute Gasteiger partial charge is 0.338 e. The maximum absolute atomic E-state index is 12.3. The van der Waals surface area contributed by atoms with Crippen molar-refractivity contribution < 1.29 is 19.1 Å². The van der Waals surface area contributed by atoms with Crippen molar-refractivity contribution in [1.82, 2.24) is 0 Å². The van der Waals surface area contributed by atoms with Gasteiger partial charge in [0.25, 0.3) is 0 Å². The Kier molecular flexibility index (Phi) is 6.55. The highest BCUT2D eigenvalue weighted by atomic mass is 16.5. The van der Waals surface area contributed by atoms with E-state index in [4.69, 9.17) is 9.47 Å². The van der Waals surface area contributed by atoms with E-state index in [2.05, 4.69) is 0 Å². The molecular weight excluding hydrogens is 304 g/mol. The molecule has 0 bridgehead atoms. The molecule has 0 fully saturated rings. The molecule has 0 aliphatic rings. The molecule has 1 unspecified atom stereocenters. The fourth-order valence-electron chi connectivity index (χ4n) is 2.67. The lowest BCUT2D eigenvalue weighted by Gasteiger charge is -2.20. The Hall–Kier alpha value is -2.62. The molecule has 2 aromatic carbocycles. The van der Waals surface area contributed by atoms with Gasteiger partial charge < -0.3 is 9.47 Å². The van der Waals surface area contributed by atoms with E-state index in [0.717, 1.165) is 11.1 Å². The normalized spacial score (nSPS) is 11.6. The van der Waals surface area contributed by atoms with Crippen LogP contribution in [0, 0.1) is 0 Å². The summed E-state index contributed by atoms with van der Waals surface area (Å²) in [6.07, 6.45) is 0.175. The van der Waals surface area contributed by atoms with Gasteiger partial charge in [0.05, 0.1) is 25.2 Å². The van der Waals surface area contributed by atoms with Crippen LogP contribution in [0.5, 0.6) is 0 Å². The zero-order chi connectivity index (χ0) is 17.4. The lowest BCUT2D eigenvalue weighted by Crippen LogP contribution is -2.16. The summed E-state index contributed by atoms with van der Waals surface area (Å²) in [5, 5.41) is 0. The summed E-state index contributed by atoms with van der Waals surface area (Å²) in [4.78, 5) is 24.3. The van der Waals surface area contributed by atoms with Gasteiger partial charge in [-0.15, -0.1) is 0 Å². The van der Waals surface area contributed by atoms with Gasteiger partial charge in [-0.25, -0.2) is 4.79 Å². The van der Waals surface area contributed by atoms with Crippen LogP contribution < -0.4 is 0 Å². The standard InChI is InChI=1S/C20H22O4/c1-3-23-19(21)14-18(15-10-6-5-7-11-15)16-12-8-9-13-17(16)20(22)24-4-2/h5-13,18H,3-4,14H2,1-2H3. The first-order chi connectivity index (χ1) is 11.7. The van der Waals surface area contributed by atoms with E-state index in [1.54, 1.807) is 26.0 Å². The molecule has 2 aromatic rings.